The van der Waals surface area contributed by atoms with Crippen molar-refractivity contribution >= 4 is 11.6 Å². The van der Waals surface area contributed by atoms with Crippen LogP contribution in [0.25, 0.3) is 0 Å². The molecule has 1 N–H and O–H groups in total. The first-order chi connectivity index (χ1) is 9.24. The summed E-state index contributed by atoms with van der Waals surface area (Å²) in [5.74, 6) is -1.42. The molecular weight excluding hydrogens is 267 g/mol. The largest absolute Gasteiger partial charge is 0.386 e. The predicted molar refractivity (Wildman–Crippen MR) is 68.7 cm³/mol. The number of aliphatic hydroxyl groups is 1. The van der Waals surface area contributed by atoms with Gasteiger partial charge in [0.25, 0.3) is 5.91 Å². The van der Waals surface area contributed by atoms with Crippen LogP contribution < -0.4 is 0 Å². The lowest BCUT2D eigenvalue weighted by atomic mass is 9.82. The van der Waals surface area contributed by atoms with Gasteiger partial charge in [0, 0.05) is 11.6 Å². The highest BCUT2D eigenvalue weighted by molar-refractivity contribution is 5.95. The lowest BCUT2D eigenvalue weighted by molar-refractivity contribution is -0.387. The first-order valence-electron chi connectivity index (χ1n) is 6.20. The van der Waals surface area contributed by atoms with Gasteiger partial charge in [-0.1, -0.05) is 13.8 Å². The molecule has 0 aromatic heterocycles. The number of likely N-dealkylation sites (tertiary alicyclic amines) is 1. The normalized spacial score (nSPS) is 16.9. The van der Waals surface area contributed by atoms with E-state index in [4.69, 9.17) is 0 Å². The van der Waals surface area contributed by atoms with Crippen molar-refractivity contribution in [1.82, 2.24) is 4.90 Å². The molecule has 0 aliphatic carbocycles. The van der Waals surface area contributed by atoms with Crippen LogP contribution in [0.3, 0.4) is 0 Å². The maximum Gasteiger partial charge on any atom is 0.305 e. The average molecular weight is 282 g/mol. The Balaban J connectivity index is 2.16. The van der Waals surface area contributed by atoms with Crippen LogP contribution >= 0.6 is 0 Å². The van der Waals surface area contributed by atoms with Crippen molar-refractivity contribution in [1.29, 1.82) is 0 Å². The van der Waals surface area contributed by atoms with E-state index in [1.807, 2.05) is 13.8 Å². The van der Waals surface area contributed by atoms with E-state index in [0.29, 0.717) is 0 Å². The molecule has 6 nitrogen and oxygen atoms in total. The van der Waals surface area contributed by atoms with Crippen molar-refractivity contribution in [2.24, 2.45) is 5.92 Å². The molecule has 1 fully saturated rings. The zero-order valence-corrected chi connectivity index (χ0v) is 11.2. The number of rotatable bonds is 3. The number of carbonyl (C=O) groups is 1. The molecule has 0 bridgehead atoms. The summed E-state index contributed by atoms with van der Waals surface area (Å²) in [6, 6.07) is 3.03. The second kappa shape index (κ2) is 4.82. The van der Waals surface area contributed by atoms with Crippen LogP contribution in [-0.4, -0.2) is 39.5 Å². The van der Waals surface area contributed by atoms with Gasteiger partial charge in [0.05, 0.1) is 18.0 Å². The van der Waals surface area contributed by atoms with Crippen LogP contribution in [0.15, 0.2) is 18.2 Å². The molecule has 1 heterocycles. The van der Waals surface area contributed by atoms with Crippen LogP contribution in [0.2, 0.25) is 0 Å². The standard InChI is InChI=1S/C13H15FN2O4/c1-8(2)13(18)6-15(7-13)12(17)9-3-4-10(14)11(5-9)16(19)20/h3-5,8,18H,6-7H2,1-2H3. The molecule has 20 heavy (non-hydrogen) atoms. The van der Waals surface area contributed by atoms with Gasteiger partial charge in [-0.05, 0) is 18.1 Å². The molecule has 0 radical (unpaired) electrons. The first kappa shape index (κ1) is 14.4. The number of halogens is 1. The first-order valence-corrected chi connectivity index (χ1v) is 6.20. The number of amides is 1. The van der Waals surface area contributed by atoms with Gasteiger partial charge < -0.3 is 10.0 Å². The third kappa shape index (κ3) is 2.36. The van der Waals surface area contributed by atoms with E-state index in [9.17, 15) is 24.4 Å². The lowest BCUT2D eigenvalue weighted by Gasteiger charge is -2.49. The van der Waals surface area contributed by atoms with Crippen molar-refractivity contribution in [2.45, 2.75) is 19.4 Å². The van der Waals surface area contributed by atoms with E-state index in [2.05, 4.69) is 0 Å². The van der Waals surface area contributed by atoms with Crippen molar-refractivity contribution in [2.75, 3.05) is 13.1 Å². The van der Waals surface area contributed by atoms with Crippen LogP contribution in [-0.2, 0) is 0 Å². The number of nitro benzene ring substituents is 1. The third-order valence-electron chi connectivity index (χ3n) is 3.68. The van der Waals surface area contributed by atoms with E-state index in [1.54, 1.807) is 0 Å². The number of carbonyl (C=O) groups excluding carboxylic acids is 1. The predicted octanol–water partition coefficient (Wildman–Crippen LogP) is 1.58. The summed E-state index contributed by atoms with van der Waals surface area (Å²) < 4.78 is 13.2. The molecule has 1 aliphatic heterocycles. The number of hydrogen-bond donors (Lipinski definition) is 1. The quantitative estimate of drug-likeness (QED) is 0.674. The smallest absolute Gasteiger partial charge is 0.305 e. The molecule has 108 valence electrons. The zero-order chi connectivity index (χ0) is 15.1. The number of nitrogens with zero attached hydrogens (tertiary/aromatic N) is 2. The van der Waals surface area contributed by atoms with Gasteiger partial charge in [0.2, 0.25) is 5.82 Å². The number of benzene rings is 1. The Labute approximate surface area is 115 Å². The lowest BCUT2D eigenvalue weighted by Crippen LogP contribution is -2.65. The minimum atomic E-state index is -0.978. The number of β-amino-alcohol motifs (C(OH)–C–C–N with tert-alkyl or cyclic N) is 1. The SMILES string of the molecule is CC(C)C1(O)CN(C(=O)c2ccc(F)c([N+](=O)[O-])c2)C1. The molecule has 1 aromatic carbocycles. The summed E-state index contributed by atoms with van der Waals surface area (Å²) in [6.45, 7) is 4.05. The van der Waals surface area contributed by atoms with Crippen molar-refractivity contribution in [3.05, 3.63) is 39.7 Å². The maximum absolute atomic E-state index is 13.2. The molecule has 0 saturated carbocycles. The second-order valence-electron chi connectivity index (χ2n) is 5.34. The van der Waals surface area contributed by atoms with Crippen molar-refractivity contribution in [3.8, 4) is 0 Å². The van der Waals surface area contributed by atoms with Crippen molar-refractivity contribution in [3.63, 3.8) is 0 Å². The van der Waals surface area contributed by atoms with E-state index in [-0.39, 0.29) is 24.6 Å². The Kier molecular flexibility index (Phi) is 3.47. The van der Waals surface area contributed by atoms with Crippen LogP contribution in [0.5, 0.6) is 0 Å². The van der Waals surface area contributed by atoms with Gasteiger partial charge in [-0.3, -0.25) is 14.9 Å². The highest BCUT2D eigenvalue weighted by Crippen LogP contribution is 2.30. The summed E-state index contributed by atoms with van der Waals surface area (Å²) in [5, 5.41) is 20.7. The van der Waals surface area contributed by atoms with E-state index in [1.165, 1.54) is 11.0 Å². The fraction of sp³-hybridized carbons (Fsp3) is 0.462. The molecule has 7 heteroatoms. The fourth-order valence-corrected chi connectivity index (χ4v) is 2.09. The van der Waals surface area contributed by atoms with Gasteiger partial charge >= 0.3 is 5.69 Å². The maximum atomic E-state index is 13.2. The summed E-state index contributed by atoms with van der Waals surface area (Å²) in [5.41, 5.74) is -1.60. The van der Waals surface area contributed by atoms with Crippen LogP contribution in [0, 0.1) is 21.8 Å². The summed E-state index contributed by atoms with van der Waals surface area (Å²) >= 11 is 0. The third-order valence-corrected chi connectivity index (χ3v) is 3.68. The van der Waals surface area contributed by atoms with Gasteiger partial charge in [-0.2, -0.15) is 4.39 Å². The molecule has 1 saturated heterocycles. The van der Waals surface area contributed by atoms with Gasteiger partial charge in [0.15, 0.2) is 0 Å². The molecule has 0 spiro atoms. The minimum Gasteiger partial charge on any atom is -0.386 e. The highest BCUT2D eigenvalue weighted by Gasteiger charge is 2.46. The summed E-state index contributed by atoms with van der Waals surface area (Å²) in [6.07, 6.45) is 0. The Bertz CT molecular complexity index is 567. The Morgan fingerprint density at radius 1 is 1.50 bits per heavy atom. The molecular formula is C13H15FN2O4. The molecule has 1 aliphatic rings. The van der Waals surface area contributed by atoms with Crippen LogP contribution in [0.4, 0.5) is 10.1 Å². The Hall–Kier alpha value is -2.02. The Morgan fingerprint density at radius 3 is 2.60 bits per heavy atom. The molecule has 2 rings (SSSR count). The topological polar surface area (TPSA) is 83.7 Å². The van der Waals surface area contributed by atoms with Gasteiger partial charge in [-0.25, -0.2) is 0 Å². The minimum absolute atomic E-state index is 0.00843. The molecule has 0 unspecified atom stereocenters. The molecule has 1 aromatic rings. The van der Waals surface area contributed by atoms with Gasteiger partial charge in [0.1, 0.15) is 5.60 Å². The fourth-order valence-electron chi connectivity index (χ4n) is 2.09. The number of nitro groups is 1. The second-order valence-corrected chi connectivity index (χ2v) is 5.34. The van der Waals surface area contributed by atoms with Crippen molar-refractivity contribution < 1.29 is 19.2 Å². The zero-order valence-electron chi connectivity index (χ0n) is 11.2. The number of hydrogen-bond acceptors (Lipinski definition) is 4. The Morgan fingerprint density at radius 2 is 2.10 bits per heavy atom. The summed E-state index contributed by atoms with van der Waals surface area (Å²) in [7, 11) is 0. The average Bonchev–Trinajstić information content (AvgIpc) is 2.34. The van der Waals surface area contributed by atoms with E-state index >= 15 is 0 Å². The highest BCUT2D eigenvalue weighted by atomic mass is 19.1. The monoisotopic (exact) mass is 282 g/mol. The van der Waals surface area contributed by atoms with Gasteiger partial charge in [-0.15, -0.1) is 0 Å². The van der Waals surface area contributed by atoms with E-state index < -0.39 is 27.9 Å². The molecule has 1 amide bonds. The molecule has 0 atom stereocenters. The summed E-state index contributed by atoms with van der Waals surface area (Å²) in [4.78, 5) is 23.3. The van der Waals surface area contributed by atoms with E-state index in [0.717, 1.165) is 12.1 Å². The van der Waals surface area contributed by atoms with Crippen LogP contribution in [0.1, 0.15) is 24.2 Å².